The van der Waals surface area contributed by atoms with Gasteiger partial charge in [0, 0.05) is 17.8 Å². The third kappa shape index (κ3) is 2.94. The summed E-state index contributed by atoms with van der Waals surface area (Å²) in [4.78, 5) is 7.77. The lowest BCUT2D eigenvalue weighted by molar-refractivity contribution is 0.581. The van der Waals surface area contributed by atoms with E-state index in [1.807, 2.05) is 0 Å². The number of halogens is 4. The molecule has 0 aliphatic heterocycles. The summed E-state index contributed by atoms with van der Waals surface area (Å²) in [6.07, 6.45) is 0. The maximum atomic E-state index is 13.5. The molecule has 1 heterocycles. The van der Waals surface area contributed by atoms with Gasteiger partial charge in [0.2, 0.25) is 5.28 Å². The summed E-state index contributed by atoms with van der Waals surface area (Å²) in [5.41, 5.74) is 0.733. The molecule has 94 valence electrons. The first-order valence-corrected chi connectivity index (χ1v) is 6.05. The van der Waals surface area contributed by atoms with E-state index in [9.17, 15) is 8.78 Å². The zero-order chi connectivity index (χ0) is 13.3. The van der Waals surface area contributed by atoms with Crippen LogP contribution < -0.4 is 5.32 Å². The van der Waals surface area contributed by atoms with Crippen LogP contribution in [-0.2, 0) is 0 Å². The van der Waals surface area contributed by atoms with Gasteiger partial charge in [-0.05, 0) is 40.5 Å². The summed E-state index contributed by atoms with van der Waals surface area (Å²) in [7, 11) is 0. The van der Waals surface area contributed by atoms with Gasteiger partial charge in [0.25, 0.3) is 0 Å². The molecule has 0 unspecified atom stereocenters. The number of rotatable bonds is 2. The van der Waals surface area contributed by atoms with Crippen LogP contribution in [0.2, 0.25) is 5.28 Å². The molecule has 2 rings (SSSR count). The lowest BCUT2D eigenvalue weighted by Gasteiger charge is -2.08. The molecule has 0 atom stereocenters. The summed E-state index contributed by atoms with van der Waals surface area (Å²) < 4.78 is 26.7. The van der Waals surface area contributed by atoms with Gasteiger partial charge in [0.15, 0.2) is 0 Å². The van der Waals surface area contributed by atoms with Crippen molar-refractivity contribution in [1.82, 2.24) is 9.97 Å². The van der Waals surface area contributed by atoms with Crippen molar-refractivity contribution in [2.45, 2.75) is 6.92 Å². The van der Waals surface area contributed by atoms with E-state index in [-0.39, 0.29) is 15.4 Å². The molecule has 0 fully saturated rings. The Kier molecular flexibility index (Phi) is 3.77. The molecule has 0 saturated carbocycles. The molecule has 1 aromatic heterocycles. The number of benzene rings is 1. The summed E-state index contributed by atoms with van der Waals surface area (Å²) in [6.45, 7) is 1.73. The fourth-order valence-electron chi connectivity index (χ4n) is 1.35. The number of hydrogen-bond acceptors (Lipinski definition) is 3. The maximum Gasteiger partial charge on any atom is 0.224 e. The molecule has 0 aliphatic carbocycles. The smallest absolute Gasteiger partial charge is 0.224 e. The van der Waals surface area contributed by atoms with E-state index in [0.717, 1.165) is 6.07 Å². The Morgan fingerprint density at radius 1 is 1.17 bits per heavy atom. The van der Waals surface area contributed by atoms with Gasteiger partial charge in [-0.15, -0.1) is 0 Å². The lowest BCUT2D eigenvalue weighted by Crippen LogP contribution is -1.99. The molecule has 1 aromatic carbocycles. The molecular weight excluding hydrogens is 327 g/mol. The van der Waals surface area contributed by atoms with Gasteiger partial charge >= 0.3 is 0 Å². The number of aryl methyl sites for hydroxylation is 1. The molecule has 0 bridgehead atoms. The second-order valence-electron chi connectivity index (χ2n) is 3.53. The van der Waals surface area contributed by atoms with Crippen LogP contribution in [0.15, 0.2) is 22.7 Å². The third-order valence-corrected chi connectivity index (χ3v) is 2.88. The van der Waals surface area contributed by atoms with Crippen molar-refractivity contribution in [3.05, 3.63) is 45.3 Å². The summed E-state index contributed by atoms with van der Waals surface area (Å²) in [6, 6.07) is 3.67. The van der Waals surface area contributed by atoms with E-state index in [4.69, 9.17) is 11.6 Å². The first kappa shape index (κ1) is 13.2. The molecule has 18 heavy (non-hydrogen) atoms. The highest BCUT2D eigenvalue weighted by Gasteiger charge is 2.09. The molecular formula is C11H7BrClF2N3. The van der Waals surface area contributed by atoms with E-state index in [1.54, 1.807) is 13.0 Å². The van der Waals surface area contributed by atoms with E-state index >= 15 is 0 Å². The van der Waals surface area contributed by atoms with Gasteiger partial charge < -0.3 is 5.32 Å². The minimum atomic E-state index is -0.719. The number of nitrogens with one attached hydrogen (secondary N) is 1. The highest BCUT2D eigenvalue weighted by Crippen LogP contribution is 2.26. The van der Waals surface area contributed by atoms with Gasteiger partial charge in [-0.1, -0.05) is 0 Å². The highest BCUT2D eigenvalue weighted by atomic mass is 79.9. The average Bonchev–Trinajstić information content (AvgIpc) is 2.24. The SMILES string of the molecule is Cc1cc(Nc2cc(Br)c(F)cc2F)nc(Cl)n1. The monoisotopic (exact) mass is 333 g/mol. The largest absolute Gasteiger partial charge is 0.338 e. The van der Waals surface area contributed by atoms with Gasteiger partial charge in [-0.25, -0.2) is 18.7 Å². The molecule has 7 heteroatoms. The standard InChI is InChI=1S/C11H7BrClF2N3/c1-5-2-10(18-11(13)16-5)17-9-3-6(12)7(14)4-8(9)15/h2-4H,1H3,(H,16,17,18). The van der Waals surface area contributed by atoms with Gasteiger partial charge in [0.05, 0.1) is 10.2 Å². The Labute approximate surface area is 115 Å². The highest BCUT2D eigenvalue weighted by molar-refractivity contribution is 9.10. The number of aromatic nitrogens is 2. The Morgan fingerprint density at radius 3 is 2.56 bits per heavy atom. The molecule has 1 N–H and O–H groups in total. The van der Waals surface area contributed by atoms with Crippen LogP contribution in [0, 0.1) is 18.6 Å². The van der Waals surface area contributed by atoms with Crippen LogP contribution in [0.25, 0.3) is 0 Å². The number of hydrogen-bond donors (Lipinski definition) is 1. The Balaban J connectivity index is 2.36. The van der Waals surface area contributed by atoms with Crippen molar-refractivity contribution in [2.24, 2.45) is 0 Å². The first-order chi connectivity index (χ1) is 8.45. The van der Waals surface area contributed by atoms with Gasteiger partial charge in [-0.2, -0.15) is 0 Å². The van der Waals surface area contributed by atoms with Crippen molar-refractivity contribution in [3.63, 3.8) is 0 Å². The van der Waals surface area contributed by atoms with E-state index in [0.29, 0.717) is 11.5 Å². The Bertz CT molecular complexity index is 587. The Morgan fingerprint density at radius 2 is 1.89 bits per heavy atom. The second kappa shape index (κ2) is 5.16. The third-order valence-electron chi connectivity index (χ3n) is 2.10. The molecule has 2 aromatic rings. The minimum Gasteiger partial charge on any atom is -0.338 e. The zero-order valence-corrected chi connectivity index (χ0v) is 11.5. The fraction of sp³-hybridized carbons (Fsp3) is 0.0909. The van der Waals surface area contributed by atoms with Crippen molar-refractivity contribution in [3.8, 4) is 0 Å². The number of nitrogens with zero attached hydrogens (tertiary/aromatic N) is 2. The van der Waals surface area contributed by atoms with Crippen LogP contribution in [0.5, 0.6) is 0 Å². The fourth-order valence-corrected chi connectivity index (χ4v) is 1.92. The van der Waals surface area contributed by atoms with Crippen LogP contribution in [-0.4, -0.2) is 9.97 Å². The molecule has 0 radical (unpaired) electrons. The quantitative estimate of drug-likeness (QED) is 0.660. The predicted octanol–water partition coefficient (Wildman–Crippen LogP) is 4.22. The average molecular weight is 335 g/mol. The Hall–Kier alpha value is -1.27. The van der Waals surface area contributed by atoms with E-state index in [2.05, 4.69) is 31.2 Å². The number of anilines is 2. The molecule has 0 spiro atoms. The van der Waals surface area contributed by atoms with Crippen LogP contribution in [0.3, 0.4) is 0 Å². The van der Waals surface area contributed by atoms with E-state index in [1.165, 1.54) is 6.07 Å². The minimum absolute atomic E-state index is 0.0547. The summed E-state index contributed by atoms with van der Waals surface area (Å²) in [5, 5.41) is 2.77. The normalized spacial score (nSPS) is 10.5. The molecule has 0 aliphatic rings. The molecule has 0 saturated heterocycles. The predicted molar refractivity (Wildman–Crippen MR) is 69.1 cm³/mol. The zero-order valence-electron chi connectivity index (χ0n) is 9.14. The van der Waals surface area contributed by atoms with Gasteiger partial charge in [0.1, 0.15) is 17.5 Å². The van der Waals surface area contributed by atoms with Crippen molar-refractivity contribution in [1.29, 1.82) is 0 Å². The van der Waals surface area contributed by atoms with Crippen LogP contribution >= 0.6 is 27.5 Å². The maximum absolute atomic E-state index is 13.5. The second-order valence-corrected chi connectivity index (χ2v) is 4.73. The van der Waals surface area contributed by atoms with Crippen molar-refractivity contribution >= 4 is 39.0 Å². The van der Waals surface area contributed by atoms with E-state index < -0.39 is 11.6 Å². The van der Waals surface area contributed by atoms with Crippen LogP contribution in [0.1, 0.15) is 5.69 Å². The summed E-state index contributed by atoms with van der Waals surface area (Å²) in [5.74, 6) is -1.05. The lowest BCUT2D eigenvalue weighted by atomic mass is 10.3. The molecule has 0 amide bonds. The van der Waals surface area contributed by atoms with Crippen molar-refractivity contribution in [2.75, 3.05) is 5.32 Å². The van der Waals surface area contributed by atoms with Crippen molar-refractivity contribution < 1.29 is 8.78 Å². The van der Waals surface area contributed by atoms with Gasteiger partial charge in [-0.3, -0.25) is 0 Å². The van der Waals surface area contributed by atoms with Crippen LogP contribution in [0.4, 0.5) is 20.3 Å². The topological polar surface area (TPSA) is 37.8 Å². The summed E-state index contributed by atoms with van der Waals surface area (Å²) >= 11 is 8.67. The molecule has 3 nitrogen and oxygen atoms in total. The first-order valence-electron chi connectivity index (χ1n) is 4.88.